The van der Waals surface area contributed by atoms with Gasteiger partial charge in [-0.05, 0) is 30.3 Å². The fourth-order valence-corrected chi connectivity index (χ4v) is 3.70. The Kier molecular flexibility index (Phi) is 4.40. The number of rotatable bonds is 2. The van der Waals surface area contributed by atoms with Crippen LogP contribution in [-0.2, 0) is 0 Å². The molecule has 1 fully saturated rings. The average molecular weight is 396 g/mol. The van der Waals surface area contributed by atoms with E-state index in [1.165, 1.54) is 0 Å². The Morgan fingerprint density at radius 3 is 2.52 bits per heavy atom. The Bertz CT molecular complexity index is 914. The lowest BCUT2D eigenvalue weighted by atomic mass is 10.1. The van der Waals surface area contributed by atoms with Crippen LogP contribution in [-0.4, -0.2) is 42.0 Å². The molecule has 0 radical (unpaired) electrons. The molecule has 0 aliphatic carbocycles. The Hall–Kier alpha value is -2.40. The van der Waals surface area contributed by atoms with Crippen molar-refractivity contribution in [3.05, 3.63) is 70.8 Å². The molecule has 0 spiro atoms. The standard InChI is InChI=1S/C20H18BrN3O/c21-17-7-1-5-16(14-17)20(25)24-12-10-23(11-13-24)18-8-2-4-15-6-3-9-22-19(15)18/h1-9,14H,10-13H2. The van der Waals surface area contributed by atoms with Gasteiger partial charge in [-0.1, -0.05) is 40.2 Å². The largest absolute Gasteiger partial charge is 0.366 e. The van der Waals surface area contributed by atoms with Crippen LogP contribution in [0.3, 0.4) is 0 Å². The molecule has 5 heteroatoms. The first-order valence-electron chi connectivity index (χ1n) is 8.36. The van der Waals surface area contributed by atoms with Crippen LogP contribution in [0.4, 0.5) is 5.69 Å². The highest BCUT2D eigenvalue weighted by atomic mass is 79.9. The SMILES string of the molecule is O=C(c1cccc(Br)c1)N1CCN(c2cccc3cccnc23)CC1. The summed E-state index contributed by atoms with van der Waals surface area (Å²) in [4.78, 5) is 21.5. The number of amides is 1. The van der Waals surface area contributed by atoms with E-state index in [0.717, 1.165) is 39.7 Å². The fraction of sp³-hybridized carbons (Fsp3) is 0.200. The Morgan fingerprint density at radius 2 is 1.72 bits per heavy atom. The van der Waals surface area contributed by atoms with Crippen molar-refractivity contribution in [1.29, 1.82) is 0 Å². The van der Waals surface area contributed by atoms with E-state index in [1.807, 2.05) is 41.4 Å². The first-order chi connectivity index (χ1) is 12.2. The number of hydrogen-bond donors (Lipinski definition) is 0. The number of piperazine rings is 1. The zero-order chi connectivity index (χ0) is 17.2. The highest BCUT2D eigenvalue weighted by Gasteiger charge is 2.23. The molecule has 0 unspecified atom stereocenters. The second-order valence-electron chi connectivity index (χ2n) is 6.14. The van der Waals surface area contributed by atoms with E-state index in [4.69, 9.17) is 0 Å². The van der Waals surface area contributed by atoms with Gasteiger partial charge in [-0.2, -0.15) is 0 Å². The summed E-state index contributed by atoms with van der Waals surface area (Å²) in [7, 11) is 0. The quantitative estimate of drug-likeness (QED) is 0.658. The summed E-state index contributed by atoms with van der Waals surface area (Å²) in [5.41, 5.74) is 2.90. The van der Waals surface area contributed by atoms with E-state index in [2.05, 4.69) is 50.1 Å². The molecular formula is C20H18BrN3O. The lowest BCUT2D eigenvalue weighted by molar-refractivity contribution is 0.0747. The number of benzene rings is 2. The second kappa shape index (κ2) is 6.84. The maximum Gasteiger partial charge on any atom is 0.254 e. The normalized spacial score (nSPS) is 14.8. The molecule has 1 aromatic heterocycles. The van der Waals surface area contributed by atoms with E-state index in [0.29, 0.717) is 13.1 Å². The minimum absolute atomic E-state index is 0.0944. The molecule has 4 nitrogen and oxygen atoms in total. The van der Waals surface area contributed by atoms with Gasteiger partial charge in [-0.15, -0.1) is 0 Å². The number of carbonyl (C=O) groups is 1. The van der Waals surface area contributed by atoms with Gasteiger partial charge < -0.3 is 9.80 Å². The molecule has 2 heterocycles. The molecule has 126 valence electrons. The van der Waals surface area contributed by atoms with Crippen molar-refractivity contribution >= 4 is 38.4 Å². The molecular weight excluding hydrogens is 378 g/mol. The van der Waals surface area contributed by atoms with Gasteiger partial charge in [0.1, 0.15) is 0 Å². The first kappa shape index (κ1) is 16.1. The summed E-state index contributed by atoms with van der Waals surface area (Å²) in [5, 5.41) is 1.15. The fourth-order valence-electron chi connectivity index (χ4n) is 3.30. The molecule has 25 heavy (non-hydrogen) atoms. The molecule has 1 aliphatic rings. The van der Waals surface area contributed by atoms with Crippen molar-refractivity contribution in [2.24, 2.45) is 0 Å². The van der Waals surface area contributed by atoms with E-state index >= 15 is 0 Å². The van der Waals surface area contributed by atoms with Gasteiger partial charge in [0.05, 0.1) is 11.2 Å². The molecule has 0 saturated carbocycles. The number of nitrogens with zero attached hydrogens (tertiary/aromatic N) is 3. The Balaban J connectivity index is 1.50. The zero-order valence-electron chi connectivity index (χ0n) is 13.7. The van der Waals surface area contributed by atoms with Crippen LogP contribution in [0, 0.1) is 0 Å². The summed E-state index contributed by atoms with van der Waals surface area (Å²) < 4.78 is 0.929. The number of halogens is 1. The summed E-state index contributed by atoms with van der Waals surface area (Å²) in [5.74, 6) is 0.0944. The molecule has 0 atom stereocenters. The van der Waals surface area contributed by atoms with Gasteiger partial charge in [0.15, 0.2) is 0 Å². The number of carbonyl (C=O) groups excluding carboxylic acids is 1. The lowest BCUT2D eigenvalue weighted by Crippen LogP contribution is -2.48. The third kappa shape index (κ3) is 3.24. The monoisotopic (exact) mass is 395 g/mol. The predicted molar refractivity (Wildman–Crippen MR) is 104 cm³/mol. The van der Waals surface area contributed by atoms with Gasteiger partial charge in [0.25, 0.3) is 5.91 Å². The summed E-state index contributed by atoms with van der Waals surface area (Å²) in [6.07, 6.45) is 1.83. The third-order valence-corrected chi connectivity index (χ3v) is 5.08. The first-order valence-corrected chi connectivity index (χ1v) is 9.15. The predicted octanol–water partition coefficient (Wildman–Crippen LogP) is 3.96. The maximum absolute atomic E-state index is 12.7. The summed E-state index contributed by atoms with van der Waals surface area (Å²) in [6, 6.07) is 17.9. The van der Waals surface area contributed by atoms with Gasteiger partial charge >= 0.3 is 0 Å². The smallest absolute Gasteiger partial charge is 0.254 e. The van der Waals surface area contributed by atoms with Gasteiger partial charge in [0, 0.05) is 47.8 Å². The average Bonchev–Trinajstić information content (AvgIpc) is 2.67. The minimum atomic E-state index is 0.0944. The number of para-hydroxylation sites is 1. The molecule has 3 aromatic rings. The van der Waals surface area contributed by atoms with E-state index in [9.17, 15) is 4.79 Å². The van der Waals surface area contributed by atoms with Crippen molar-refractivity contribution in [1.82, 2.24) is 9.88 Å². The molecule has 0 bridgehead atoms. The van der Waals surface area contributed by atoms with Gasteiger partial charge in [-0.25, -0.2) is 0 Å². The van der Waals surface area contributed by atoms with Crippen LogP contribution < -0.4 is 4.90 Å². The van der Waals surface area contributed by atoms with Crippen molar-refractivity contribution < 1.29 is 4.79 Å². The number of pyridine rings is 1. The van der Waals surface area contributed by atoms with E-state index in [1.54, 1.807) is 0 Å². The van der Waals surface area contributed by atoms with Crippen molar-refractivity contribution in [3.63, 3.8) is 0 Å². The van der Waals surface area contributed by atoms with Crippen LogP contribution in [0.1, 0.15) is 10.4 Å². The van der Waals surface area contributed by atoms with Gasteiger partial charge in [0.2, 0.25) is 0 Å². The van der Waals surface area contributed by atoms with Crippen LogP contribution in [0.25, 0.3) is 10.9 Å². The lowest BCUT2D eigenvalue weighted by Gasteiger charge is -2.36. The maximum atomic E-state index is 12.7. The van der Waals surface area contributed by atoms with Crippen LogP contribution in [0.5, 0.6) is 0 Å². The number of aromatic nitrogens is 1. The summed E-state index contributed by atoms with van der Waals surface area (Å²) >= 11 is 3.43. The highest BCUT2D eigenvalue weighted by Crippen LogP contribution is 2.26. The van der Waals surface area contributed by atoms with Crippen LogP contribution >= 0.6 is 15.9 Å². The number of fused-ring (bicyclic) bond motifs is 1. The van der Waals surface area contributed by atoms with Crippen molar-refractivity contribution in [3.8, 4) is 0 Å². The number of hydrogen-bond acceptors (Lipinski definition) is 3. The second-order valence-corrected chi connectivity index (χ2v) is 7.06. The van der Waals surface area contributed by atoms with Crippen LogP contribution in [0.2, 0.25) is 0 Å². The summed E-state index contributed by atoms with van der Waals surface area (Å²) in [6.45, 7) is 3.06. The molecule has 0 N–H and O–H groups in total. The van der Waals surface area contributed by atoms with Crippen LogP contribution in [0.15, 0.2) is 65.3 Å². The molecule has 1 saturated heterocycles. The topological polar surface area (TPSA) is 36.4 Å². The van der Waals surface area contributed by atoms with Crippen molar-refractivity contribution in [2.75, 3.05) is 31.1 Å². The minimum Gasteiger partial charge on any atom is -0.366 e. The number of anilines is 1. The molecule has 2 aromatic carbocycles. The third-order valence-electron chi connectivity index (χ3n) is 4.59. The highest BCUT2D eigenvalue weighted by molar-refractivity contribution is 9.10. The molecule has 1 amide bonds. The zero-order valence-corrected chi connectivity index (χ0v) is 15.3. The van der Waals surface area contributed by atoms with Gasteiger partial charge in [-0.3, -0.25) is 9.78 Å². The Morgan fingerprint density at radius 1 is 0.960 bits per heavy atom. The molecule has 4 rings (SSSR count). The van der Waals surface area contributed by atoms with E-state index in [-0.39, 0.29) is 5.91 Å². The van der Waals surface area contributed by atoms with E-state index < -0.39 is 0 Å². The Labute approximate surface area is 155 Å². The van der Waals surface area contributed by atoms with Crippen molar-refractivity contribution in [2.45, 2.75) is 0 Å². The molecule has 1 aliphatic heterocycles.